The van der Waals surface area contributed by atoms with E-state index in [4.69, 9.17) is 0 Å². The molecule has 0 unspecified atom stereocenters. The molecule has 0 radical (unpaired) electrons. The van der Waals surface area contributed by atoms with Gasteiger partial charge in [0.25, 0.3) is 5.91 Å². The molecule has 3 aromatic rings. The van der Waals surface area contributed by atoms with Gasteiger partial charge in [-0.1, -0.05) is 12.1 Å². The van der Waals surface area contributed by atoms with Crippen LogP contribution in [-0.2, 0) is 6.54 Å². The molecular weight excluding hydrogens is 308 g/mol. The summed E-state index contributed by atoms with van der Waals surface area (Å²) >= 11 is 1.46. The van der Waals surface area contributed by atoms with E-state index >= 15 is 0 Å². The van der Waals surface area contributed by atoms with E-state index in [1.807, 2.05) is 49.7 Å². The van der Waals surface area contributed by atoms with Gasteiger partial charge in [-0.05, 0) is 44.5 Å². The number of benzene rings is 1. The number of aromatic nitrogens is 3. The molecule has 1 aromatic carbocycles. The van der Waals surface area contributed by atoms with E-state index in [1.54, 1.807) is 6.20 Å². The smallest absolute Gasteiger partial charge is 0.257 e. The van der Waals surface area contributed by atoms with Crippen LogP contribution in [0.1, 0.15) is 32.2 Å². The Balaban J connectivity index is 1.69. The van der Waals surface area contributed by atoms with Gasteiger partial charge >= 0.3 is 0 Å². The monoisotopic (exact) mass is 326 g/mol. The Morgan fingerprint density at radius 2 is 1.96 bits per heavy atom. The molecule has 118 valence electrons. The lowest BCUT2D eigenvalue weighted by atomic mass is 10.1. The molecule has 1 N–H and O–H groups in total. The molecule has 23 heavy (non-hydrogen) atoms. The van der Waals surface area contributed by atoms with Gasteiger partial charge in [0.05, 0.1) is 12.2 Å². The van der Waals surface area contributed by atoms with Crippen LogP contribution in [0.5, 0.6) is 0 Å². The van der Waals surface area contributed by atoms with Crippen LogP contribution in [0.25, 0.3) is 0 Å². The zero-order valence-electron chi connectivity index (χ0n) is 13.3. The third-order valence-electron chi connectivity index (χ3n) is 3.49. The van der Waals surface area contributed by atoms with Gasteiger partial charge in [-0.3, -0.25) is 14.8 Å². The first-order valence-electron chi connectivity index (χ1n) is 7.35. The highest BCUT2D eigenvalue weighted by atomic mass is 32.1. The Morgan fingerprint density at radius 3 is 2.52 bits per heavy atom. The largest absolute Gasteiger partial charge is 0.298 e. The normalized spacial score (nSPS) is 10.7. The molecule has 2 heterocycles. The number of thiazole rings is 1. The first-order valence-corrected chi connectivity index (χ1v) is 8.17. The number of nitrogens with one attached hydrogen (secondary N) is 1. The maximum atomic E-state index is 12.2. The Kier molecular flexibility index (Phi) is 4.25. The van der Waals surface area contributed by atoms with Gasteiger partial charge in [0, 0.05) is 22.3 Å². The van der Waals surface area contributed by atoms with Gasteiger partial charge in [0.2, 0.25) is 0 Å². The van der Waals surface area contributed by atoms with E-state index in [0.717, 1.165) is 21.8 Å². The van der Waals surface area contributed by atoms with E-state index < -0.39 is 0 Å². The van der Waals surface area contributed by atoms with Crippen LogP contribution in [0.4, 0.5) is 5.13 Å². The van der Waals surface area contributed by atoms with E-state index in [0.29, 0.717) is 17.2 Å². The third kappa shape index (κ3) is 3.65. The summed E-state index contributed by atoms with van der Waals surface area (Å²) in [6.07, 6.45) is 1.75. The van der Waals surface area contributed by atoms with Crippen molar-refractivity contribution in [2.24, 2.45) is 0 Å². The number of amides is 1. The fraction of sp³-hybridized carbons (Fsp3) is 0.235. The molecule has 1 amide bonds. The van der Waals surface area contributed by atoms with Gasteiger partial charge in [-0.2, -0.15) is 5.10 Å². The van der Waals surface area contributed by atoms with Crippen molar-refractivity contribution in [1.82, 2.24) is 14.8 Å². The van der Waals surface area contributed by atoms with Crippen LogP contribution in [0.3, 0.4) is 0 Å². The van der Waals surface area contributed by atoms with Gasteiger partial charge in [0.1, 0.15) is 0 Å². The molecule has 6 heteroatoms. The van der Waals surface area contributed by atoms with Crippen molar-refractivity contribution in [2.75, 3.05) is 5.32 Å². The van der Waals surface area contributed by atoms with Crippen molar-refractivity contribution in [3.05, 3.63) is 63.9 Å². The number of anilines is 1. The lowest BCUT2D eigenvalue weighted by Crippen LogP contribution is -2.12. The predicted octanol–water partition coefficient (Wildman–Crippen LogP) is 3.57. The van der Waals surface area contributed by atoms with E-state index in [9.17, 15) is 4.79 Å². The number of nitrogens with zero attached hydrogens (tertiary/aromatic N) is 3. The summed E-state index contributed by atoms with van der Waals surface area (Å²) in [4.78, 5) is 17.4. The fourth-order valence-corrected chi connectivity index (χ4v) is 3.01. The van der Waals surface area contributed by atoms with Crippen LogP contribution < -0.4 is 5.32 Å². The molecule has 0 bridgehead atoms. The van der Waals surface area contributed by atoms with Crippen molar-refractivity contribution in [3.8, 4) is 0 Å². The average Bonchev–Trinajstić information content (AvgIpc) is 3.05. The Labute approximate surface area is 139 Å². The Hall–Kier alpha value is -2.47. The highest BCUT2D eigenvalue weighted by Gasteiger charge is 2.09. The van der Waals surface area contributed by atoms with Crippen molar-refractivity contribution in [2.45, 2.75) is 27.3 Å². The van der Waals surface area contributed by atoms with E-state index in [2.05, 4.69) is 21.5 Å². The summed E-state index contributed by atoms with van der Waals surface area (Å²) in [5, 5.41) is 7.89. The number of hydrogen-bond donors (Lipinski definition) is 1. The SMILES string of the molecule is Cc1cc(C)n(Cc2ccc(C(=O)Nc3ncc(C)s3)cc2)n1. The summed E-state index contributed by atoms with van der Waals surface area (Å²) in [7, 11) is 0. The lowest BCUT2D eigenvalue weighted by Gasteiger charge is -2.06. The lowest BCUT2D eigenvalue weighted by molar-refractivity contribution is 0.102. The summed E-state index contributed by atoms with van der Waals surface area (Å²) in [6, 6.07) is 9.63. The molecular formula is C17H18N4OS. The van der Waals surface area contributed by atoms with Gasteiger partial charge < -0.3 is 0 Å². The molecule has 0 fully saturated rings. The van der Waals surface area contributed by atoms with Crippen LogP contribution in [-0.4, -0.2) is 20.7 Å². The number of hydrogen-bond acceptors (Lipinski definition) is 4. The summed E-state index contributed by atoms with van der Waals surface area (Å²) in [6.45, 7) is 6.68. The van der Waals surface area contributed by atoms with Gasteiger partial charge in [-0.25, -0.2) is 4.98 Å². The standard InChI is InChI=1S/C17H18N4OS/c1-11-8-12(2)21(20-11)10-14-4-6-15(7-5-14)16(22)19-17-18-9-13(3)23-17/h4-9H,10H2,1-3H3,(H,18,19,22). The molecule has 0 saturated heterocycles. The number of rotatable bonds is 4. The molecule has 0 aliphatic heterocycles. The molecule has 3 rings (SSSR count). The zero-order valence-corrected chi connectivity index (χ0v) is 14.1. The molecule has 0 atom stereocenters. The number of carbonyl (C=O) groups excluding carboxylic acids is 1. The van der Waals surface area contributed by atoms with Crippen molar-refractivity contribution in [1.29, 1.82) is 0 Å². The van der Waals surface area contributed by atoms with Crippen LogP contribution in [0.15, 0.2) is 36.5 Å². The molecule has 5 nitrogen and oxygen atoms in total. The molecule has 2 aromatic heterocycles. The van der Waals surface area contributed by atoms with Crippen molar-refractivity contribution >= 4 is 22.4 Å². The summed E-state index contributed by atoms with van der Waals surface area (Å²) in [5.41, 5.74) is 3.87. The Bertz CT molecular complexity index is 833. The first kappa shape index (κ1) is 15.4. The maximum absolute atomic E-state index is 12.2. The molecule has 0 aliphatic rings. The average molecular weight is 326 g/mol. The van der Waals surface area contributed by atoms with Gasteiger partial charge in [-0.15, -0.1) is 11.3 Å². The molecule has 0 saturated carbocycles. The van der Waals surface area contributed by atoms with E-state index in [-0.39, 0.29) is 5.91 Å². The minimum atomic E-state index is -0.142. The van der Waals surface area contributed by atoms with Gasteiger partial charge in [0.15, 0.2) is 5.13 Å². The minimum Gasteiger partial charge on any atom is -0.298 e. The fourth-order valence-electron chi connectivity index (χ4n) is 2.35. The Morgan fingerprint density at radius 1 is 1.22 bits per heavy atom. The second-order valence-corrected chi connectivity index (χ2v) is 6.75. The number of aryl methyl sites for hydroxylation is 3. The summed E-state index contributed by atoms with van der Waals surface area (Å²) in [5.74, 6) is -0.142. The first-order chi connectivity index (χ1) is 11.0. The maximum Gasteiger partial charge on any atom is 0.257 e. The highest BCUT2D eigenvalue weighted by Crippen LogP contribution is 2.17. The van der Waals surface area contributed by atoms with Crippen LogP contribution in [0.2, 0.25) is 0 Å². The third-order valence-corrected chi connectivity index (χ3v) is 4.32. The minimum absolute atomic E-state index is 0.142. The number of carbonyl (C=O) groups is 1. The summed E-state index contributed by atoms with van der Waals surface area (Å²) < 4.78 is 1.96. The molecule has 0 spiro atoms. The van der Waals surface area contributed by atoms with Crippen molar-refractivity contribution < 1.29 is 4.79 Å². The van der Waals surface area contributed by atoms with Crippen LogP contribution in [0, 0.1) is 20.8 Å². The quantitative estimate of drug-likeness (QED) is 0.797. The van der Waals surface area contributed by atoms with Crippen molar-refractivity contribution in [3.63, 3.8) is 0 Å². The van der Waals surface area contributed by atoms with Crippen LogP contribution >= 0.6 is 11.3 Å². The second-order valence-electron chi connectivity index (χ2n) is 5.51. The topological polar surface area (TPSA) is 59.8 Å². The second kappa shape index (κ2) is 6.34. The molecule has 0 aliphatic carbocycles. The highest BCUT2D eigenvalue weighted by molar-refractivity contribution is 7.15. The van der Waals surface area contributed by atoms with E-state index in [1.165, 1.54) is 11.3 Å². The zero-order chi connectivity index (χ0) is 16.4. The predicted molar refractivity (Wildman–Crippen MR) is 92.0 cm³/mol.